The van der Waals surface area contributed by atoms with Crippen LogP contribution in [0.15, 0.2) is 61.3 Å². The number of amides is 1. The fourth-order valence-corrected chi connectivity index (χ4v) is 2.68. The Balaban J connectivity index is 1.85. The van der Waals surface area contributed by atoms with E-state index in [0.717, 1.165) is 11.3 Å². The molecule has 0 aliphatic heterocycles. The lowest BCUT2D eigenvalue weighted by Gasteiger charge is -2.14. The monoisotopic (exact) mass is 364 g/mol. The first-order valence-corrected chi connectivity index (χ1v) is 8.31. The Kier molecular flexibility index (Phi) is 5.51. The van der Waals surface area contributed by atoms with Crippen LogP contribution in [-0.2, 0) is 6.42 Å². The van der Waals surface area contributed by atoms with E-state index in [2.05, 4.69) is 22.1 Å². The van der Waals surface area contributed by atoms with E-state index in [9.17, 15) is 4.79 Å². The summed E-state index contributed by atoms with van der Waals surface area (Å²) in [5.74, 6) is 1.10. The Morgan fingerprint density at radius 2 is 2.00 bits per heavy atom. The Morgan fingerprint density at radius 3 is 2.67 bits per heavy atom. The lowest BCUT2D eigenvalue weighted by Crippen LogP contribution is -2.13. The van der Waals surface area contributed by atoms with Crippen molar-refractivity contribution in [2.24, 2.45) is 0 Å². The van der Waals surface area contributed by atoms with Crippen LogP contribution in [0.4, 0.5) is 5.82 Å². The van der Waals surface area contributed by atoms with Crippen molar-refractivity contribution in [3.8, 4) is 17.2 Å². The highest BCUT2D eigenvalue weighted by atomic mass is 16.5. The van der Waals surface area contributed by atoms with Crippen LogP contribution in [0.3, 0.4) is 0 Å². The van der Waals surface area contributed by atoms with Crippen molar-refractivity contribution in [2.45, 2.75) is 6.42 Å². The number of hydrogen-bond donors (Lipinski definition) is 1. The summed E-state index contributed by atoms with van der Waals surface area (Å²) in [5.41, 5.74) is 2.04. The largest absolute Gasteiger partial charge is 0.493 e. The summed E-state index contributed by atoms with van der Waals surface area (Å²) in [7, 11) is 3.09. The van der Waals surface area contributed by atoms with Crippen LogP contribution in [0, 0.1) is 0 Å². The Labute approximate surface area is 157 Å². The van der Waals surface area contributed by atoms with Gasteiger partial charge in [0.15, 0.2) is 17.3 Å². The van der Waals surface area contributed by atoms with E-state index in [1.54, 1.807) is 25.3 Å². The number of rotatable bonds is 7. The van der Waals surface area contributed by atoms with Crippen molar-refractivity contribution in [1.82, 2.24) is 15.0 Å². The van der Waals surface area contributed by atoms with E-state index in [1.165, 1.54) is 18.1 Å². The van der Waals surface area contributed by atoms with E-state index < -0.39 is 0 Å². The third-order valence-electron chi connectivity index (χ3n) is 3.90. The molecule has 0 spiro atoms. The van der Waals surface area contributed by atoms with Crippen LogP contribution >= 0.6 is 0 Å². The van der Waals surface area contributed by atoms with Crippen molar-refractivity contribution < 1.29 is 14.3 Å². The summed E-state index contributed by atoms with van der Waals surface area (Å²) < 4.78 is 10.7. The van der Waals surface area contributed by atoms with Gasteiger partial charge in [0.1, 0.15) is 0 Å². The van der Waals surface area contributed by atoms with Gasteiger partial charge in [-0.15, -0.1) is 16.5 Å². The van der Waals surface area contributed by atoms with E-state index in [1.807, 2.05) is 30.3 Å². The van der Waals surface area contributed by atoms with E-state index in [-0.39, 0.29) is 5.91 Å². The zero-order chi connectivity index (χ0) is 19.2. The minimum absolute atomic E-state index is 0.318. The summed E-state index contributed by atoms with van der Waals surface area (Å²) >= 11 is 0. The van der Waals surface area contributed by atoms with Crippen LogP contribution in [0.2, 0.25) is 0 Å². The van der Waals surface area contributed by atoms with Crippen LogP contribution < -0.4 is 14.8 Å². The first kappa shape index (κ1) is 18.2. The highest BCUT2D eigenvalue weighted by Crippen LogP contribution is 2.33. The molecule has 0 atom stereocenters. The molecule has 0 aliphatic rings. The van der Waals surface area contributed by atoms with Gasteiger partial charge in [-0.2, -0.15) is 5.10 Å². The summed E-state index contributed by atoms with van der Waals surface area (Å²) in [6.45, 7) is 3.74. The molecule has 0 saturated heterocycles. The Hall–Kier alpha value is -3.61. The molecule has 3 aromatic rings. The average Bonchev–Trinajstić information content (AvgIpc) is 3.16. The van der Waals surface area contributed by atoms with E-state index in [4.69, 9.17) is 9.47 Å². The maximum Gasteiger partial charge on any atom is 0.257 e. The number of nitrogens with one attached hydrogen (secondary N) is 1. The number of allylic oxidation sites excluding steroid dienone is 1. The molecule has 1 amide bonds. The van der Waals surface area contributed by atoms with E-state index >= 15 is 0 Å². The van der Waals surface area contributed by atoms with Gasteiger partial charge in [-0.25, -0.2) is 0 Å². The van der Waals surface area contributed by atoms with Gasteiger partial charge in [0, 0.05) is 11.1 Å². The van der Waals surface area contributed by atoms with Crippen molar-refractivity contribution in [2.75, 3.05) is 19.5 Å². The fraction of sp³-hybridized carbons (Fsp3) is 0.150. The zero-order valence-corrected chi connectivity index (χ0v) is 15.2. The molecular weight excluding hydrogens is 344 g/mol. The normalized spacial score (nSPS) is 10.3. The number of nitrogens with zero attached hydrogens (tertiary/aromatic N) is 3. The van der Waals surface area contributed by atoms with Gasteiger partial charge in [0.05, 0.1) is 26.1 Å². The quantitative estimate of drug-likeness (QED) is 0.651. The number of hydrogen-bond acceptors (Lipinski definition) is 5. The van der Waals surface area contributed by atoms with Gasteiger partial charge in [-0.1, -0.05) is 24.3 Å². The molecule has 0 bridgehead atoms. The van der Waals surface area contributed by atoms with Crippen LogP contribution in [0.5, 0.6) is 11.5 Å². The first-order chi connectivity index (χ1) is 13.2. The molecule has 1 heterocycles. The molecule has 1 aromatic heterocycles. The first-order valence-electron chi connectivity index (χ1n) is 8.31. The minimum Gasteiger partial charge on any atom is -0.493 e. The van der Waals surface area contributed by atoms with Crippen LogP contribution in [0.1, 0.15) is 15.9 Å². The standard InChI is InChI=1S/C20H20N4O3/c1-4-8-14-11-15(12-17(26-2)19(14)27-3)20(25)22-18-13-21-24(23-18)16-9-6-5-7-10-16/h4-7,9-13H,1,8H2,2-3H3,(H,22,23,25). The molecular formula is C20H20N4O3. The molecule has 1 N–H and O–H groups in total. The molecule has 0 aliphatic carbocycles. The third kappa shape index (κ3) is 3.98. The molecule has 0 fully saturated rings. The number of carbonyl (C=O) groups is 1. The number of carbonyl (C=O) groups excluding carboxylic acids is 1. The number of methoxy groups -OCH3 is 2. The predicted molar refractivity (Wildman–Crippen MR) is 103 cm³/mol. The Morgan fingerprint density at radius 1 is 1.22 bits per heavy atom. The zero-order valence-electron chi connectivity index (χ0n) is 15.2. The lowest BCUT2D eigenvalue weighted by atomic mass is 10.0. The Bertz CT molecular complexity index is 951. The van der Waals surface area contributed by atoms with Gasteiger partial charge < -0.3 is 14.8 Å². The number of anilines is 1. The van der Waals surface area contributed by atoms with Gasteiger partial charge in [0.25, 0.3) is 5.91 Å². The molecule has 7 nitrogen and oxygen atoms in total. The van der Waals surface area contributed by atoms with Crippen LogP contribution in [-0.4, -0.2) is 35.1 Å². The average molecular weight is 364 g/mol. The third-order valence-corrected chi connectivity index (χ3v) is 3.90. The molecule has 2 aromatic carbocycles. The number of benzene rings is 2. The topological polar surface area (TPSA) is 78.3 Å². The van der Waals surface area contributed by atoms with Crippen LogP contribution in [0.25, 0.3) is 5.69 Å². The lowest BCUT2D eigenvalue weighted by molar-refractivity contribution is 0.102. The summed E-state index contributed by atoms with van der Waals surface area (Å²) in [5, 5.41) is 11.2. The highest BCUT2D eigenvalue weighted by molar-refractivity contribution is 6.04. The number of ether oxygens (including phenoxy) is 2. The van der Waals surface area contributed by atoms with Gasteiger partial charge in [-0.3, -0.25) is 4.79 Å². The molecule has 0 radical (unpaired) electrons. The molecule has 27 heavy (non-hydrogen) atoms. The molecule has 0 saturated carbocycles. The maximum absolute atomic E-state index is 12.7. The second-order valence-electron chi connectivity index (χ2n) is 5.67. The summed E-state index contributed by atoms with van der Waals surface area (Å²) in [6.07, 6.45) is 3.78. The molecule has 3 rings (SSSR count). The van der Waals surface area contributed by atoms with Crippen molar-refractivity contribution in [3.63, 3.8) is 0 Å². The van der Waals surface area contributed by atoms with Gasteiger partial charge >= 0.3 is 0 Å². The second kappa shape index (κ2) is 8.18. The number of aromatic nitrogens is 3. The van der Waals surface area contributed by atoms with E-state index in [0.29, 0.717) is 29.3 Å². The van der Waals surface area contributed by atoms with Gasteiger partial charge in [0.2, 0.25) is 0 Å². The SMILES string of the molecule is C=CCc1cc(C(=O)Nc2cnn(-c3ccccc3)n2)cc(OC)c1OC. The van der Waals surface area contributed by atoms with Crippen molar-refractivity contribution in [1.29, 1.82) is 0 Å². The predicted octanol–water partition coefficient (Wildman–Crippen LogP) is 3.27. The van der Waals surface area contributed by atoms with Crippen molar-refractivity contribution in [3.05, 3.63) is 72.4 Å². The minimum atomic E-state index is -0.318. The fourth-order valence-electron chi connectivity index (χ4n) is 2.68. The molecule has 7 heteroatoms. The summed E-state index contributed by atoms with van der Waals surface area (Å²) in [4.78, 5) is 14.1. The number of para-hydroxylation sites is 1. The smallest absolute Gasteiger partial charge is 0.257 e. The molecule has 138 valence electrons. The maximum atomic E-state index is 12.7. The van der Waals surface area contributed by atoms with Gasteiger partial charge in [-0.05, 0) is 30.7 Å². The molecule has 0 unspecified atom stereocenters. The van der Waals surface area contributed by atoms with Crippen molar-refractivity contribution >= 4 is 11.7 Å². The second-order valence-corrected chi connectivity index (χ2v) is 5.67. The summed E-state index contributed by atoms with van der Waals surface area (Å²) in [6, 6.07) is 12.8. The highest BCUT2D eigenvalue weighted by Gasteiger charge is 2.16.